The van der Waals surface area contributed by atoms with Crippen molar-refractivity contribution in [2.45, 2.75) is 52.5 Å². The molecule has 0 radical (unpaired) electrons. The fraction of sp³-hybridized carbons (Fsp3) is 0.400. The van der Waals surface area contributed by atoms with Gasteiger partial charge in [-0.15, -0.1) is 0 Å². The van der Waals surface area contributed by atoms with E-state index in [1.165, 1.54) is 10.6 Å². The van der Waals surface area contributed by atoms with Crippen LogP contribution in [-0.2, 0) is 0 Å². The molecule has 0 aliphatic heterocycles. The SMILES string of the molecule is CCCCCCN(C(=O)NCC)C(C)c1nc2ccccc2c(=O)n1-c1ccccc1F. The number of hydrogen-bond donors (Lipinski definition) is 1. The molecule has 1 heterocycles. The number of urea groups is 1. The van der Waals surface area contributed by atoms with Crippen LogP contribution in [0.1, 0.15) is 58.3 Å². The summed E-state index contributed by atoms with van der Waals surface area (Å²) in [4.78, 5) is 32.8. The number of amides is 2. The van der Waals surface area contributed by atoms with Gasteiger partial charge in [0.25, 0.3) is 5.56 Å². The molecule has 6 nitrogen and oxygen atoms in total. The first kappa shape index (κ1) is 23.4. The van der Waals surface area contributed by atoms with Crippen molar-refractivity contribution in [2.24, 2.45) is 0 Å². The number of carbonyl (C=O) groups excluding carboxylic acids is 1. The molecule has 1 atom stereocenters. The van der Waals surface area contributed by atoms with Gasteiger partial charge in [-0.1, -0.05) is 50.5 Å². The molecule has 0 spiro atoms. The quantitative estimate of drug-likeness (QED) is 0.467. The smallest absolute Gasteiger partial charge is 0.318 e. The van der Waals surface area contributed by atoms with Crippen LogP contribution < -0.4 is 10.9 Å². The average Bonchev–Trinajstić information content (AvgIpc) is 2.79. The Bertz CT molecular complexity index is 1130. The molecule has 170 valence electrons. The minimum atomic E-state index is -0.542. The molecule has 0 fully saturated rings. The van der Waals surface area contributed by atoms with Gasteiger partial charge in [0.1, 0.15) is 11.6 Å². The lowest BCUT2D eigenvalue weighted by Gasteiger charge is -2.30. The molecule has 3 rings (SSSR count). The van der Waals surface area contributed by atoms with Gasteiger partial charge in [0.05, 0.1) is 22.6 Å². The van der Waals surface area contributed by atoms with Crippen LogP contribution in [0, 0.1) is 5.82 Å². The Labute approximate surface area is 188 Å². The van der Waals surface area contributed by atoms with Gasteiger partial charge in [-0.25, -0.2) is 14.2 Å². The van der Waals surface area contributed by atoms with Crippen LogP contribution in [0.15, 0.2) is 53.3 Å². The molecule has 2 amide bonds. The van der Waals surface area contributed by atoms with Crippen LogP contribution in [0.3, 0.4) is 0 Å². The molecule has 32 heavy (non-hydrogen) atoms. The fourth-order valence-corrected chi connectivity index (χ4v) is 3.87. The number of benzene rings is 2. The van der Waals surface area contributed by atoms with Gasteiger partial charge in [0, 0.05) is 13.1 Å². The van der Waals surface area contributed by atoms with Gasteiger partial charge in [0.2, 0.25) is 0 Å². The van der Waals surface area contributed by atoms with Crippen molar-refractivity contribution in [2.75, 3.05) is 13.1 Å². The summed E-state index contributed by atoms with van der Waals surface area (Å²) in [6, 6.07) is 12.4. The zero-order valence-corrected chi connectivity index (χ0v) is 19.0. The number of aromatic nitrogens is 2. The molecule has 0 aliphatic carbocycles. The topological polar surface area (TPSA) is 67.2 Å². The van der Waals surface area contributed by atoms with Crippen LogP contribution in [0.5, 0.6) is 0 Å². The maximum atomic E-state index is 14.8. The van der Waals surface area contributed by atoms with E-state index in [4.69, 9.17) is 4.98 Å². The van der Waals surface area contributed by atoms with Crippen molar-refractivity contribution in [1.29, 1.82) is 0 Å². The first-order valence-corrected chi connectivity index (χ1v) is 11.3. The van der Waals surface area contributed by atoms with E-state index in [1.54, 1.807) is 41.3 Å². The summed E-state index contributed by atoms with van der Waals surface area (Å²) in [5.41, 5.74) is 0.289. The van der Waals surface area contributed by atoms with Crippen LogP contribution >= 0.6 is 0 Å². The molecule has 7 heteroatoms. The second-order valence-electron chi connectivity index (χ2n) is 7.84. The highest BCUT2D eigenvalue weighted by atomic mass is 19.1. The molecule has 0 aliphatic rings. The number of rotatable bonds is 9. The molecule has 0 saturated heterocycles. The largest absolute Gasteiger partial charge is 0.338 e. The van der Waals surface area contributed by atoms with Crippen LogP contribution in [-0.4, -0.2) is 33.6 Å². The normalized spacial score (nSPS) is 12.0. The Morgan fingerprint density at radius 1 is 1.09 bits per heavy atom. The Kier molecular flexibility index (Phi) is 7.98. The van der Waals surface area contributed by atoms with Crippen molar-refractivity contribution in [1.82, 2.24) is 19.8 Å². The fourth-order valence-electron chi connectivity index (χ4n) is 3.87. The lowest BCUT2D eigenvalue weighted by atomic mass is 10.1. The molecule has 1 unspecified atom stereocenters. The highest BCUT2D eigenvalue weighted by Gasteiger charge is 2.27. The summed E-state index contributed by atoms with van der Waals surface area (Å²) >= 11 is 0. The Balaban J connectivity index is 2.15. The summed E-state index contributed by atoms with van der Waals surface area (Å²) in [6.07, 6.45) is 4.03. The van der Waals surface area contributed by atoms with Crippen molar-refractivity contribution < 1.29 is 9.18 Å². The monoisotopic (exact) mass is 438 g/mol. The minimum absolute atomic E-state index is 0.124. The van der Waals surface area contributed by atoms with Crippen LogP contribution in [0.25, 0.3) is 16.6 Å². The summed E-state index contributed by atoms with van der Waals surface area (Å²) < 4.78 is 16.1. The van der Waals surface area contributed by atoms with Gasteiger partial charge in [-0.3, -0.25) is 9.36 Å². The summed E-state index contributed by atoms with van der Waals surface area (Å²) in [5.74, 6) is -0.187. The molecule has 0 bridgehead atoms. The van der Waals surface area contributed by atoms with Gasteiger partial charge in [-0.05, 0) is 44.5 Å². The van der Waals surface area contributed by atoms with Crippen LogP contribution in [0.4, 0.5) is 9.18 Å². The van der Waals surface area contributed by atoms with Crippen molar-refractivity contribution >= 4 is 16.9 Å². The van der Waals surface area contributed by atoms with E-state index in [1.807, 2.05) is 19.9 Å². The lowest BCUT2D eigenvalue weighted by Crippen LogP contribution is -2.43. The maximum Gasteiger partial charge on any atom is 0.318 e. The zero-order chi connectivity index (χ0) is 23.1. The molecule has 0 saturated carbocycles. The van der Waals surface area contributed by atoms with E-state index >= 15 is 0 Å². The maximum absolute atomic E-state index is 14.8. The first-order valence-electron chi connectivity index (χ1n) is 11.3. The number of halogens is 1. The third kappa shape index (κ3) is 4.98. The molecule has 3 aromatic rings. The Morgan fingerprint density at radius 2 is 1.81 bits per heavy atom. The van der Waals surface area contributed by atoms with E-state index in [-0.39, 0.29) is 17.3 Å². The Hall–Kier alpha value is -3.22. The third-order valence-corrected chi connectivity index (χ3v) is 5.58. The van der Waals surface area contributed by atoms with Gasteiger partial charge in [0.15, 0.2) is 0 Å². The van der Waals surface area contributed by atoms with Crippen molar-refractivity contribution in [3.63, 3.8) is 0 Å². The number of unbranched alkanes of at least 4 members (excludes halogenated alkanes) is 3. The number of carbonyl (C=O) groups is 1. The number of nitrogens with zero attached hydrogens (tertiary/aromatic N) is 3. The molecule has 2 aromatic carbocycles. The zero-order valence-electron chi connectivity index (χ0n) is 19.0. The summed E-state index contributed by atoms with van der Waals surface area (Å²) in [5, 5.41) is 3.26. The molecule has 1 N–H and O–H groups in total. The highest BCUT2D eigenvalue weighted by Crippen LogP contribution is 2.24. The standard InChI is InChI=1S/C25H31FN4O2/c1-4-6-7-12-17-29(25(32)27-5-2)18(3)23-28-21-15-10-8-13-19(21)24(31)30(23)22-16-11-9-14-20(22)26/h8-11,13-16,18H,4-7,12,17H2,1-3H3,(H,27,32). The lowest BCUT2D eigenvalue weighted by molar-refractivity contribution is 0.174. The van der Waals surface area contributed by atoms with Gasteiger partial charge >= 0.3 is 6.03 Å². The molecular weight excluding hydrogens is 407 g/mol. The van der Waals surface area contributed by atoms with Crippen molar-refractivity contribution in [3.05, 3.63) is 70.5 Å². The first-order chi connectivity index (χ1) is 15.5. The van der Waals surface area contributed by atoms with Gasteiger partial charge < -0.3 is 10.2 Å². The van der Waals surface area contributed by atoms with Crippen LogP contribution in [0.2, 0.25) is 0 Å². The summed E-state index contributed by atoms with van der Waals surface area (Å²) in [7, 11) is 0. The number of hydrogen-bond acceptors (Lipinski definition) is 3. The number of para-hydroxylation sites is 2. The van der Waals surface area contributed by atoms with E-state index < -0.39 is 11.9 Å². The third-order valence-electron chi connectivity index (χ3n) is 5.58. The van der Waals surface area contributed by atoms with E-state index in [2.05, 4.69) is 12.2 Å². The Morgan fingerprint density at radius 3 is 2.53 bits per heavy atom. The average molecular weight is 439 g/mol. The summed E-state index contributed by atoms with van der Waals surface area (Å²) in [6.45, 7) is 6.84. The highest BCUT2D eigenvalue weighted by molar-refractivity contribution is 5.78. The van der Waals surface area contributed by atoms with Gasteiger partial charge in [-0.2, -0.15) is 0 Å². The van der Waals surface area contributed by atoms with Crippen molar-refractivity contribution in [3.8, 4) is 5.69 Å². The van der Waals surface area contributed by atoms with E-state index in [9.17, 15) is 14.0 Å². The minimum Gasteiger partial charge on any atom is -0.338 e. The number of nitrogens with one attached hydrogen (secondary N) is 1. The molecular formula is C25H31FN4O2. The second-order valence-corrected chi connectivity index (χ2v) is 7.84. The molecule has 1 aromatic heterocycles. The number of fused-ring (bicyclic) bond motifs is 1. The predicted molar refractivity (Wildman–Crippen MR) is 126 cm³/mol. The second kappa shape index (κ2) is 10.9. The van der Waals surface area contributed by atoms with E-state index in [0.29, 0.717) is 29.8 Å². The predicted octanol–water partition coefficient (Wildman–Crippen LogP) is 5.20. The van der Waals surface area contributed by atoms with E-state index in [0.717, 1.165) is 25.7 Å².